The molecule has 0 fully saturated rings. The van der Waals surface area contributed by atoms with Crippen molar-refractivity contribution in [3.8, 4) is 11.4 Å². The summed E-state index contributed by atoms with van der Waals surface area (Å²) in [6.45, 7) is -0.432. The van der Waals surface area contributed by atoms with Gasteiger partial charge in [0.05, 0.1) is 16.1 Å². The summed E-state index contributed by atoms with van der Waals surface area (Å²) in [6, 6.07) is 7.54. The number of halogens is 5. The second-order valence-electron chi connectivity index (χ2n) is 5.29. The lowest BCUT2D eigenvalue weighted by Crippen LogP contribution is -2.06. The average molecular weight is 401 g/mol. The fraction of sp³-hybridized carbons (Fsp3) is 0.118. The largest absolute Gasteiger partial charge is 0.452 e. The first-order valence-corrected chi connectivity index (χ1v) is 7.74. The summed E-state index contributed by atoms with van der Waals surface area (Å²) >= 11 is 5.76. The molecule has 0 spiro atoms. The van der Waals surface area contributed by atoms with Gasteiger partial charge >= 0.3 is 12.1 Å². The lowest BCUT2D eigenvalue weighted by Gasteiger charge is -2.06. The second-order valence-corrected chi connectivity index (χ2v) is 5.70. The molecule has 2 aromatic carbocycles. The highest BCUT2D eigenvalue weighted by Gasteiger charge is 2.30. The van der Waals surface area contributed by atoms with Gasteiger partial charge in [0.15, 0.2) is 6.61 Å². The Morgan fingerprint density at radius 1 is 1.19 bits per heavy atom. The molecule has 3 aromatic rings. The average Bonchev–Trinajstić information content (AvgIpc) is 3.08. The molecule has 0 saturated heterocycles. The zero-order chi connectivity index (χ0) is 19.6. The predicted octanol–water partition coefficient (Wildman–Crippen LogP) is 4.90. The summed E-state index contributed by atoms with van der Waals surface area (Å²) in [5.41, 5.74) is -0.827. The summed E-state index contributed by atoms with van der Waals surface area (Å²) in [7, 11) is 0. The highest BCUT2D eigenvalue weighted by atomic mass is 35.5. The highest BCUT2D eigenvalue weighted by molar-refractivity contribution is 6.33. The van der Waals surface area contributed by atoms with Gasteiger partial charge in [-0.15, -0.1) is 0 Å². The molecule has 0 saturated carbocycles. The fourth-order valence-electron chi connectivity index (χ4n) is 2.13. The number of hydrogen-bond donors (Lipinski definition) is 0. The molecule has 0 amide bonds. The van der Waals surface area contributed by atoms with Crippen molar-refractivity contribution in [3.63, 3.8) is 0 Å². The van der Waals surface area contributed by atoms with Crippen molar-refractivity contribution in [1.82, 2.24) is 10.1 Å². The van der Waals surface area contributed by atoms with E-state index in [9.17, 15) is 22.4 Å². The van der Waals surface area contributed by atoms with E-state index in [1.165, 1.54) is 12.1 Å². The van der Waals surface area contributed by atoms with Crippen LogP contribution in [0.15, 0.2) is 47.0 Å². The van der Waals surface area contributed by atoms with Crippen LogP contribution in [-0.4, -0.2) is 16.1 Å². The molecule has 140 valence electrons. The SMILES string of the molecule is O=C(OCc1nc(-c2cccc(C(F)(F)F)c2)no1)c1ccc(F)cc1Cl. The van der Waals surface area contributed by atoms with Crippen LogP contribution < -0.4 is 0 Å². The van der Waals surface area contributed by atoms with Gasteiger partial charge in [0.2, 0.25) is 5.82 Å². The van der Waals surface area contributed by atoms with Crippen LogP contribution in [-0.2, 0) is 17.5 Å². The highest BCUT2D eigenvalue weighted by Crippen LogP contribution is 2.31. The number of alkyl halides is 3. The zero-order valence-electron chi connectivity index (χ0n) is 13.3. The molecule has 27 heavy (non-hydrogen) atoms. The van der Waals surface area contributed by atoms with Crippen LogP contribution in [0.1, 0.15) is 21.8 Å². The van der Waals surface area contributed by atoms with Crippen LogP contribution in [0.2, 0.25) is 5.02 Å². The van der Waals surface area contributed by atoms with Crippen molar-refractivity contribution in [2.75, 3.05) is 0 Å². The predicted molar refractivity (Wildman–Crippen MR) is 85.3 cm³/mol. The van der Waals surface area contributed by atoms with Crippen molar-refractivity contribution in [2.24, 2.45) is 0 Å². The molecule has 0 aliphatic carbocycles. The first kappa shape index (κ1) is 18.8. The van der Waals surface area contributed by atoms with Gasteiger partial charge in [-0.1, -0.05) is 28.9 Å². The Balaban J connectivity index is 1.70. The molecule has 0 aliphatic heterocycles. The molecule has 0 N–H and O–H groups in total. The molecule has 3 rings (SSSR count). The maximum atomic E-state index is 13.0. The summed E-state index contributed by atoms with van der Waals surface area (Å²) in [4.78, 5) is 15.8. The second kappa shape index (κ2) is 7.36. The summed E-state index contributed by atoms with van der Waals surface area (Å²) in [5.74, 6) is -1.68. The van der Waals surface area contributed by atoms with Crippen molar-refractivity contribution in [2.45, 2.75) is 12.8 Å². The minimum atomic E-state index is -4.51. The van der Waals surface area contributed by atoms with Gasteiger partial charge in [-0.3, -0.25) is 0 Å². The third-order valence-electron chi connectivity index (χ3n) is 3.39. The maximum Gasteiger partial charge on any atom is 0.416 e. The number of benzene rings is 2. The van der Waals surface area contributed by atoms with Crippen molar-refractivity contribution in [1.29, 1.82) is 0 Å². The number of ether oxygens (including phenoxy) is 1. The van der Waals surface area contributed by atoms with Crippen LogP contribution in [0.25, 0.3) is 11.4 Å². The Morgan fingerprint density at radius 2 is 1.96 bits per heavy atom. The molecule has 1 heterocycles. The Labute approximate surface area is 154 Å². The van der Waals surface area contributed by atoms with Gasteiger partial charge in [0.25, 0.3) is 5.89 Å². The molecule has 0 atom stereocenters. The van der Waals surface area contributed by atoms with E-state index in [0.29, 0.717) is 0 Å². The van der Waals surface area contributed by atoms with E-state index in [-0.39, 0.29) is 27.9 Å². The molecule has 1 aromatic heterocycles. The van der Waals surface area contributed by atoms with Crippen LogP contribution in [0.4, 0.5) is 17.6 Å². The standard InChI is InChI=1S/C17H9ClF4N2O3/c18-13-7-11(19)4-5-12(13)16(25)26-8-14-23-15(24-27-14)9-2-1-3-10(6-9)17(20,21)22/h1-7H,8H2. The number of carbonyl (C=O) groups excluding carboxylic acids is 1. The molecule has 0 unspecified atom stereocenters. The molecule has 10 heteroatoms. The van der Waals surface area contributed by atoms with E-state index < -0.39 is 30.1 Å². The Morgan fingerprint density at radius 3 is 2.67 bits per heavy atom. The number of rotatable bonds is 4. The van der Waals surface area contributed by atoms with Gasteiger partial charge in [-0.2, -0.15) is 18.2 Å². The third kappa shape index (κ3) is 4.43. The Kier molecular flexibility index (Phi) is 5.13. The zero-order valence-corrected chi connectivity index (χ0v) is 14.0. The molecular weight excluding hydrogens is 392 g/mol. The number of esters is 1. The quantitative estimate of drug-likeness (QED) is 0.460. The first-order valence-electron chi connectivity index (χ1n) is 7.36. The van der Waals surface area contributed by atoms with Crippen LogP contribution in [0.5, 0.6) is 0 Å². The smallest absolute Gasteiger partial charge is 0.416 e. The summed E-state index contributed by atoms with van der Waals surface area (Å²) < 4.78 is 61.1. The van der Waals surface area contributed by atoms with Crippen molar-refractivity contribution >= 4 is 17.6 Å². The van der Waals surface area contributed by atoms with Gasteiger partial charge < -0.3 is 9.26 Å². The normalized spacial score (nSPS) is 11.4. The van der Waals surface area contributed by atoms with Crippen molar-refractivity contribution in [3.05, 3.63) is 70.3 Å². The topological polar surface area (TPSA) is 65.2 Å². The maximum absolute atomic E-state index is 13.0. The van der Waals surface area contributed by atoms with Crippen LogP contribution in [0.3, 0.4) is 0 Å². The minimum absolute atomic E-state index is 0.0596. The number of nitrogens with zero attached hydrogens (tertiary/aromatic N) is 2. The lowest BCUT2D eigenvalue weighted by molar-refractivity contribution is -0.137. The van der Waals surface area contributed by atoms with Crippen LogP contribution in [0, 0.1) is 5.82 Å². The van der Waals surface area contributed by atoms with Gasteiger partial charge in [-0.05, 0) is 30.3 Å². The van der Waals surface area contributed by atoms with E-state index in [2.05, 4.69) is 10.1 Å². The molecule has 0 radical (unpaired) electrons. The first-order chi connectivity index (χ1) is 12.7. The lowest BCUT2D eigenvalue weighted by atomic mass is 10.1. The summed E-state index contributed by atoms with van der Waals surface area (Å²) in [5, 5.41) is 3.44. The van der Waals surface area contributed by atoms with E-state index in [1.54, 1.807) is 0 Å². The Hall–Kier alpha value is -2.94. The van der Waals surface area contributed by atoms with E-state index >= 15 is 0 Å². The minimum Gasteiger partial charge on any atom is -0.452 e. The van der Waals surface area contributed by atoms with E-state index in [4.69, 9.17) is 20.9 Å². The fourth-order valence-corrected chi connectivity index (χ4v) is 2.37. The van der Waals surface area contributed by atoms with Gasteiger partial charge in [-0.25, -0.2) is 9.18 Å². The van der Waals surface area contributed by atoms with Gasteiger partial charge in [0, 0.05) is 5.56 Å². The van der Waals surface area contributed by atoms with Crippen LogP contribution >= 0.6 is 11.6 Å². The number of carbonyl (C=O) groups is 1. The van der Waals surface area contributed by atoms with Crippen molar-refractivity contribution < 1.29 is 31.6 Å². The van der Waals surface area contributed by atoms with Gasteiger partial charge in [0.1, 0.15) is 5.82 Å². The number of hydrogen-bond acceptors (Lipinski definition) is 5. The molecule has 5 nitrogen and oxygen atoms in total. The van der Waals surface area contributed by atoms with E-state index in [0.717, 1.165) is 30.3 Å². The molecule has 0 bridgehead atoms. The summed E-state index contributed by atoms with van der Waals surface area (Å²) in [6.07, 6.45) is -4.51. The monoisotopic (exact) mass is 400 g/mol. The number of aromatic nitrogens is 2. The van der Waals surface area contributed by atoms with E-state index in [1.807, 2.05) is 0 Å². The molecular formula is C17H9ClF4N2O3. The Bertz CT molecular complexity index is 988. The molecule has 0 aliphatic rings. The third-order valence-corrected chi connectivity index (χ3v) is 3.71.